The molecule has 1 aromatic rings. The summed E-state index contributed by atoms with van der Waals surface area (Å²) < 4.78 is 0. The van der Waals surface area contributed by atoms with Crippen molar-refractivity contribution in [3.63, 3.8) is 0 Å². The van der Waals surface area contributed by atoms with Gasteiger partial charge in [-0.15, -0.1) is 0 Å². The molecule has 4 nitrogen and oxygen atoms in total. The summed E-state index contributed by atoms with van der Waals surface area (Å²) in [6, 6.07) is 7.64. The van der Waals surface area contributed by atoms with E-state index in [1.807, 2.05) is 24.3 Å². The molecule has 1 amide bonds. The zero-order chi connectivity index (χ0) is 14.9. The zero-order valence-corrected chi connectivity index (χ0v) is 12.2. The predicted molar refractivity (Wildman–Crippen MR) is 79.2 cm³/mol. The molecule has 112 valence electrons. The quantitative estimate of drug-likeness (QED) is 0.930. The zero-order valence-electron chi connectivity index (χ0n) is 12.2. The Morgan fingerprint density at radius 1 is 1.19 bits per heavy atom. The van der Waals surface area contributed by atoms with Crippen LogP contribution in [0.2, 0.25) is 0 Å². The third kappa shape index (κ3) is 2.55. The van der Waals surface area contributed by atoms with Crippen LogP contribution in [0, 0.1) is 5.41 Å². The monoisotopic (exact) mass is 287 g/mol. The highest BCUT2D eigenvalue weighted by Crippen LogP contribution is 2.38. The third-order valence-electron chi connectivity index (χ3n) is 4.94. The summed E-state index contributed by atoms with van der Waals surface area (Å²) in [6.45, 7) is 0.986. The van der Waals surface area contributed by atoms with Crippen molar-refractivity contribution in [2.75, 3.05) is 13.1 Å². The number of rotatable bonds is 3. The summed E-state index contributed by atoms with van der Waals surface area (Å²) in [7, 11) is 0. The number of carbonyl (C=O) groups excluding carboxylic acids is 1. The normalized spacial score (nSPS) is 21.0. The van der Waals surface area contributed by atoms with Gasteiger partial charge >= 0.3 is 5.97 Å². The minimum Gasteiger partial charge on any atom is -0.481 e. The van der Waals surface area contributed by atoms with Gasteiger partial charge in [0.25, 0.3) is 5.91 Å². The summed E-state index contributed by atoms with van der Waals surface area (Å²) in [4.78, 5) is 26.1. The average molecular weight is 287 g/mol. The molecule has 1 heterocycles. The highest BCUT2D eigenvalue weighted by molar-refractivity contribution is 5.97. The fraction of sp³-hybridized carbons (Fsp3) is 0.529. The van der Waals surface area contributed by atoms with Gasteiger partial charge < -0.3 is 10.0 Å². The van der Waals surface area contributed by atoms with Crippen molar-refractivity contribution in [2.24, 2.45) is 5.41 Å². The van der Waals surface area contributed by atoms with Crippen LogP contribution in [0.5, 0.6) is 0 Å². The van der Waals surface area contributed by atoms with Crippen molar-refractivity contribution in [1.29, 1.82) is 0 Å². The SMILES string of the molecule is O=C1c2ccccc2CCN1CC1(C(=O)O)CCCCC1. The van der Waals surface area contributed by atoms with E-state index in [4.69, 9.17) is 0 Å². The topological polar surface area (TPSA) is 57.6 Å². The van der Waals surface area contributed by atoms with Gasteiger partial charge in [-0.25, -0.2) is 0 Å². The molecule has 2 aliphatic rings. The van der Waals surface area contributed by atoms with Crippen LogP contribution < -0.4 is 0 Å². The Morgan fingerprint density at radius 2 is 1.90 bits per heavy atom. The van der Waals surface area contributed by atoms with Crippen molar-refractivity contribution >= 4 is 11.9 Å². The maximum Gasteiger partial charge on any atom is 0.311 e. The van der Waals surface area contributed by atoms with Crippen molar-refractivity contribution in [3.8, 4) is 0 Å². The first-order valence-corrected chi connectivity index (χ1v) is 7.73. The van der Waals surface area contributed by atoms with E-state index in [0.29, 0.717) is 25.9 Å². The first kappa shape index (κ1) is 14.1. The number of fused-ring (bicyclic) bond motifs is 1. The average Bonchev–Trinajstić information content (AvgIpc) is 2.51. The Balaban J connectivity index is 1.82. The maximum absolute atomic E-state index is 12.6. The number of carboxylic acids is 1. The minimum absolute atomic E-state index is 0.0111. The Labute approximate surface area is 124 Å². The molecular weight excluding hydrogens is 266 g/mol. The summed E-state index contributed by atoms with van der Waals surface area (Å²) in [5.74, 6) is -0.753. The number of amides is 1. The molecule has 21 heavy (non-hydrogen) atoms. The Hall–Kier alpha value is -1.84. The van der Waals surface area contributed by atoms with E-state index >= 15 is 0 Å². The number of benzene rings is 1. The van der Waals surface area contributed by atoms with Gasteiger partial charge in [-0.1, -0.05) is 37.5 Å². The maximum atomic E-state index is 12.6. The molecule has 0 bridgehead atoms. The van der Waals surface area contributed by atoms with E-state index in [2.05, 4.69) is 0 Å². The summed E-state index contributed by atoms with van der Waals surface area (Å²) in [5, 5.41) is 9.66. The van der Waals surface area contributed by atoms with Crippen molar-refractivity contribution in [3.05, 3.63) is 35.4 Å². The second-order valence-corrected chi connectivity index (χ2v) is 6.28. The summed E-state index contributed by atoms with van der Waals surface area (Å²) in [5.41, 5.74) is 1.08. The van der Waals surface area contributed by atoms with Gasteiger partial charge in [0.2, 0.25) is 0 Å². The number of carbonyl (C=O) groups is 2. The molecule has 4 heteroatoms. The molecule has 0 spiro atoms. The molecule has 0 atom stereocenters. The van der Waals surface area contributed by atoms with Gasteiger partial charge in [0.05, 0.1) is 5.41 Å². The fourth-order valence-corrected chi connectivity index (χ4v) is 3.66. The van der Waals surface area contributed by atoms with E-state index in [-0.39, 0.29) is 5.91 Å². The number of aliphatic carboxylic acids is 1. The van der Waals surface area contributed by atoms with Gasteiger partial charge in [0.1, 0.15) is 0 Å². The molecule has 1 fully saturated rings. The summed E-state index contributed by atoms with van der Waals surface area (Å²) >= 11 is 0. The van der Waals surface area contributed by atoms with Crippen LogP contribution in [0.1, 0.15) is 48.0 Å². The molecule has 0 unspecified atom stereocenters. The lowest BCUT2D eigenvalue weighted by atomic mass is 9.73. The first-order valence-electron chi connectivity index (χ1n) is 7.73. The molecule has 0 radical (unpaired) electrons. The molecule has 0 aromatic heterocycles. The standard InChI is InChI=1S/C17H21NO3/c19-15-14-7-3-2-6-13(14)8-11-18(15)12-17(16(20)21)9-4-1-5-10-17/h2-3,6-7H,1,4-5,8-12H2,(H,20,21). The molecule has 1 aliphatic heterocycles. The Morgan fingerprint density at radius 3 is 2.62 bits per heavy atom. The molecule has 0 saturated heterocycles. The Bertz CT molecular complexity index is 561. The van der Waals surface area contributed by atoms with Crippen LogP contribution >= 0.6 is 0 Å². The molecule has 3 rings (SSSR count). The van der Waals surface area contributed by atoms with Crippen LogP contribution in [-0.4, -0.2) is 35.0 Å². The number of hydrogen-bond acceptors (Lipinski definition) is 2. The van der Waals surface area contributed by atoms with E-state index in [1.54, 1.807) is 4.90 Å². The van der Waals surface area contributed by atoms with Gasteiger partial charge in [0.15, 0.2) is 0 Å². The molecular formula is C17H21NO3. The second-order valence-electron chi connectivity index (χ2n) is 6.28. The minimum atomic E-state index is -0.742. The lowest BCUT2D eigenvalue weighted by Crippen LogP contribution is -2.48. The third-order valence-corrected chi connectivity index (χ3v) is 4.94. The van der Waals surface area contributed by atoms with Crippen LogP contribution in [0.3, 0.4) is 0 Å². The highest BCUT2D eigenvalue weighted by atomic mass is 16.4. The van der Waals surface area contributed by atoms with E-state index in [9.17, 15) is 14.7 Å². The van der Waals surface area contributed by atoms with Crippen molar-refractivity contribution in [1.82, 2.24) is 4.90 Å². The lowest BCUT2D eigenvalue weighted by molar-refractivity contribution is -0.152. The van der Waals surface area contributed by atoms with Crippen LogP contribution in [0.15, 0.2) is 24.3 Å². The van der Waals surface area contributed by atoms with Crippen LogP contribution in [0.25, 0.3) is 0 Å². The van der Waals surface area contributed by atoms with E-state index < -0.39 is 11.4 Å². The summed E-state index contributed by atoms with van der Waals surface area (Å²) in [6.07, 6.45) is 5.20. The van der Waals surface area contributed by atoms with Crippen molar-refractivity contribution < 1.29 is 14.7 Å². The van der Waals surface area contributed by atoms with Crippen molar-refractivity contribution in [2.45, 2.75) is 38.5 Å². The Kier molecular flexibility index (Phi) is 3.70. The van der Waals surface area contributed by atoms with E-state index in [0.717, 1.165) is 36.8 Å². The fourth-order valence-electron chi connectivity index (χ4n) is 3.66. The smallest absolute Gasteiger partial charge is 0.311 e. The van der Waals surface area contributed by atoms with Gasteiger partial charge in [0, 0.05) is 18.7 Å². The molecule has 1 saturated carbocycles. The first-order chi connectivity index (χ1) is 10.1. The van der Waals surface area contributed by atoms with Gasteiger partial charge in [-0.05, 0) is 30.9 Å². The van der Waals surface area contributed by atoms with E-state index in [1.165, 1.54) is 0 Å². The lowest BCUT2D eigenvalue weighted by Gasteiger charge is -2.39. The number of hydrogen-bond donors (Lipinski definition) is 1. The molecule has 1 N–H and O–H groups in total. The van der Waals surface area contributed by atoms with Gasteiger partial charge in [-0.3, -0.25) is 9.59 Å². The largest absolute Gasteiger partial charge is 0.481 e. The second kappa shape index (κ2) is 5.51. The predicted octanol–water partition coefficient (Wildman–Crippen LogP) is 2.72. The molecule has 1 aromatic carbocycles. The van der Waals surface area contributed by atoms with Gasteiger partial charge in [-0.2, -0.15) is 0 Å². The van der Waals surface area contributed by atoms with Crippen LogP contribution in [-0.2, 0) is 11.2 Å². The number of nitrogens with zero attached hydrogens (tertiary/aromatic N) is 1. The highest BCUT2D eigenvalue weighted by Gasteiger charge is 2.42. The molecule has 1 aliphatic carbocycles. The van der Waals surface area contributed by atoms with Crippen LogP contribution in [0.4, 0.5) is 0 Å². The number of carboxylic acid groups (broad SMARTS) is 1.